The zero-order chi connectivity index (χ0) is 11.9. The van der Waals surface area contributed by atoms with Gasteiger partial charge in [-0.3, -0.25) is 0 Å². The minimum atomic E-state index is -0.0888. The average Bonchev–Trinajstić information content (AvgIpc) is 3.06. The summed E-state index contributed by atoms with van der Waals surface area (Å²) in [5.74, 6) is 0. The Morgan fingerprint density at radius 3 is 1.94 bits per heavy atom. The number of rotatable bonds is 3. The van der Waals surface area contributed by atoms with Crippen LogP contribution in [-0.4, -0.2) is 11.7 Å². The Labute approximate surface area is 103 Å². The Kier molecular flexibility index (Phi) is 2.53. The molecule has 2 saturated carbocycles. The fraction of sp³-hybridized carbons (Fsp3) is 0.600. The van der Waals surface area contributed by atoms with Crippen molar-refractivity contribution in [3.63, 3.8) is 0 Å². The molecule has 2 fully saturated rings. The Morgan fingerprint density at radius 2 is 1.47 bits per heavy atom. The summed E-state index contributed by atoms with van der Waals surface area (Å²) in [4.78, 5) is 0. The molecule has 0 radical (unpaired) electrons. The molecule has 3 N–H and O–H groups in total. The first-order valence-corrected chi connectivity index (χ1v) is 6.69. The zero-order valence-corrected chi connectivity index (χ0v) is 10.3. The fourth-order valence-corrected chi connectivity index (χ4v) is 3.14. The maximum atomic E-state index is 9.42. The average molecular weight is 231 g/mol. The van der Waals surface area contributed by atoms with E-state index in [1.165, 1.54) is 24.0 Å². The highest BCUT2D eigenvalue weighted by Gasteiger charge is 2.43. The molecule has 0 spiro atoms. The van der Waals surface area contributed by atoms with Crippen molar-refractivity contribution in [1.29, 1.82) is 0 Å². The number of aliphatic hydroxyl groups excluding tert-OH is 1. The summed E-state index contributed by atoms with van der Waals surface area (Å²) in [5, 5.41) is 9.42. The third-order valence-corrected chi connectivity index (χ3v) is 4.72. The van der Waals surface area contributed by atoms with Gasteiger partial charge in [0, 0.05) is 11.0 Å². The van der Waals surface area contributed by atoms with E-state index in [0.29, 0.717) is 0 Å². The molecule has 0 aromatic heterocycles. The lowest BCUT2D eigenvalue weighted by Crippen LogP contribution is -2.33. The molecule has 0 amide bonds. The quantitative estimate of drug-likeness (QED) is 0.839. The van der Waals surface area contributed by atoms with E-state index >= 15 is 0 Å². The highest BCUT2D eigenvalue weighted by molar-refractivity contribution is 5.36. The van der Waals surface area contributed by atoms with Gasteiger partial charge >= 0.3 is 0 Å². The first-order valence-electron chi connectivity index (χ1n) is 6.69. The molecule has 0 heterocycles. The second-order valence-electron chi connectivity index (χ2n) is 5.88. The lowest BCUT2D eigenvalue weighted by atomic mass is 9.87. The van der Waals surface area contributed by atoms with Gasteiger partial charge in [0.25, 0.3) is 0 Å². The number of aliphatic hydroxyl groups is 1. The van der Waals surface area contributed by atoms with Crippen molar-refractivity contribution in [3.8, 4) is 0 Å². The largest absolute Gasteiger partial charge is 0.395 e. The molecule has 2 nitrogen and oxygen atoms in total. The maximum absolute atomic E-state index is 9.42. The van der Waals surface area contributed by atoms with E-state index in [1.54, 1.807) is 0 Å². The van der Waals surface area contributed by atoms with E-state index in [-0.39, 0.29) is 17.6 Å². The van der Waals surface area contributed by atoms with E-state index in [9.17, 15) is 5.11 Å². The molecule has 0 bridgehead atoms. The minimum absolute atomic E-state index is 0.0793. The van der Waals surface area contributed by atoms with Crippen molar-refractivity contribution in [2.45, 2.75) is 49.5 Å². The molecule has 2 aliphatic rings. The first kappa shape index (κ1) is 11.2. The molecule has 1 aromatic rings. The van der Waals surface area contributed by atoms with Crippen LogP contribution >= 0.6 is 0 Å². The molecule has 1 aromatic carbocycles. The summed E-state index contributed by atoms with van der Waals surface area (Å²) in [6, 6.07) is 8.70. The first-order chi connectivity index (χ1) is 8.19. The summed E-state index contributed by atoms with van der Waals surface area (Å²) in [6.07, 6.45) is 6.96. The second-order valence-corrected chi connectivity index (χ2v) is 5.88. The Hall–Kier alpha value is -0.860. The standard InChI is InChI=1S/C15H21NO/c16-15(7-1-2-8-15)13-5-3-12(4-6-13)14(11-17)9-10-14/h3-6,17H,1-2,7-11,16H2. The fourth-order valence-electron chi connectivity index (χ4n) is 3.14. The minimum Gasteiger partial charge on any atom is -0.395 e. The highest BCUT2D eigenvalue weighted by atomic mass is 16.3. The summed E-state index contributed by atoms with van der Waals surface area (Å²) in [6.45, 7) is 0.278. The monoisotopic (exact) mass is 231 g/mol. The molecule has 2 aliphatic carbocycles. The van der Waals surface area contributed by atoms with Crippen LogP contribution in [0, 0.1) is 0 Å². The van der Waals surface area contributed by atoms with Gasteiger partial charge in [0.05, 0.1) is 6.61 Å². The third-order valence-electron chi connectivity index (χ3n) is 4.72. The molecular weight excluding hydrogens is 210 g/mol. The maximum Gasteiger partial charge on any atom is 0.0527 e. The second kappa shape index (κ2) is 3.82. The highest BCUT2D eigenvalue weighted by Crippen LogP contribution is 2.48. The molecule has 0 aliphatic heterocycles. The van der Waals surface area contributed by atoms with E-state index < -0.39 is 0 Å². The van der Waals surface area contributed by atoms with Crippen LogP contribution in [0.15, 0.2) is 24.3 Å². The van der Waals surface area contributed by atoms with Crippen LogP contribution in [0.1, 0.15) is 49.7 Å². The van der Waals surface area contributed by atoms with Gasteiger partial charge in [-0.15, -0.1) is 0 Å². The van der Waals surface area contributed by atoms with Crippen molar-refractivity contribution in [1.82, 2.24) is 0 Å². The van der Waals surface area contributed by atoms with E-state index in [2.05, 4.69) is 24.3 Å². The van der Waals surface area contributed by atoms with Gasteiger partial charge in [0.2, 0.25) is 0 Å². The van der Waals surface area contributed by atoms with Crippen molar-refractivity contribution in [2.24, 2.45) is 5.73 Å². The number of hydrogen-bond acceptors (Lipinski definition) is 2. The molecule has 0 atom stereocenters. The Balaban J connectivity index is 1.85. The van der Waals surface area contributed by atoms with Crippen molar-refractivity contribution < 1.29 is 5.11 Å². The van der Waals surface area contributed by atoms with Crippen LogP contribution in [0.3, 0.4) is 0 Å². The summed E-state index contributed by atoms with van der Waals surface area (Å²) < 4.78 is 0. The number of hydrogen-bond donors (Lipinski definition) is 2. The lowest BCUT2D eigenvalue weighted by molar-refractivity contribution is 0.255. The summed E-state index contributed by atoms with van der Waals surface area (Å²) in [5.41, 5.74) is 8.98. The third kappa shape index (κ3) is 1.80. The molecule has 3 rings (SSSR count). The molecular formula is C15H21NO. The predicted octanol–water partition coefficient (Wildman–Crippen LogP) is 2.44. The van der Waals surface area contributed by atoms with Crippen LogP contribution in [0.5, 0.6) is 0 Å². The normalized spacial score (nSPS) is 24.8. The topological polar surface area (TPSA) is 46.2 Å². The lowest BCUT2D eigenvalue weighted by Gasteiger charge is -2.25. The van der Waals surface area contributed by atoms with Crippen molar-refractivity contribution >= 4 is 0 Å². The van der Waals surface area contributed by atoms with Gasteiger partial charge in [-0.1, -0.05) is 37.1 Å². The van der Waals surface area contributed by atoms with Gasteiger partial charge in [-0.2, -0.15) is 0 Å². The van der Waals surface area contributed by atoms with Crippen LogP contribution < -0.4 is 5.73 Å². The number of nitrogens with two attached hydrogens (primary N) is 1. The van der Waals surface area contributed by atoms with E-state index in [0.717, 1.165) is 25.7 Å². The molecule has 17 heavy (non-hydrogen) atoms. The number of benzene rings is 1. The molecule has 92 valence electrons. The summed E-state index contributed by atoms with van der Waals surface area (Å²) in [7, 11) is 0. The van der Waals surface area contributed by atoms with Gasteiger partial charge in [0.15, 0.2) is 0 Å². The van der Waals surface area contributed by atoms with Crippen LogP contribution in [0.4, 0.5) is 0 Å². The van der Waals surface area contributed by atoms with Crippen molar-refractivity contribution in [2.75, 3.05) is 6.61 Å². The van der Waals surface area contributed by atoms with E-state index in [4.69, 9.17) is 5.73 Å². The predicted molar refractivity (Wildman–Crippen MR) is 68.8 cm³/mol. The molecule has 2 heteroatoms. The van der Waals surface area contributed by atoms with Gasteiger partial charge in [-0.05, 0) is 36.8 Å². The van der Waals surface area contributed by atoms with Crippen LogP contribution in [0.25, 0.3) is 0 Å². The zero-order valence-electron chi connectivity index (χ0n) is 10.3. The molecule has 0 saturated heterocycles. The molecule has 0 unspecified atom stereocenters. The van der Waals surface area contributed by atoms with Crippen LogP contribution in [-0.2, 0) is 11.0 Å². The summed E-state index contributed by atoms with van der Waals surface area (Å²) >= 11 is 0. The van der Waals surface area contributed by atoms with Gasteiger partial charge < -0.3 is 10.8 Å². The Morgan fingerprint density at radius 1 is 0.941 bits per heavy atom. The van der Waals surface area contributed by atoms with Gasteiger partial charge in [0.1, 0.15) is 0 Å². The Bertz CT molecular complexity index is 399. The SMILES string of the molecule is NC1(c2ccc(C3(CO)CC3)cc2)CCCC1. The van der Waals surface area contributed by atoms with Gasteiger partial charge in [-0.25, -0.2) is 0 Å². The van der Waals surface area contributed by atoms with Crippen LogP contribution in [0.2, 0.25) is 0 Å². The van der Waals surface area contributed by atoms with E-state index in [1.807, 2.05) is 0 Å². The van der Waals surface area contributed by atoms with Crippen molar-refractivity contribution in [3.05, 3.63) is 35.4 Å². The smallest absolute Gasteiger partial charge is 0.0527 e.